The third-order valence-electron chi connectivity index (χ3n) is 3.50. The summed E-state index contributed by atoms with van der Waals surface area (Å²) in [7, 11) is 1.66. The summed E-state index contributed by atoms with van der Waals surface area (Å²) in [6, 6.07) is 8.03. The molecule has 0 aliphatic heterocycles. The fourth-order valence-electron chi connectivity index (χ4n) is 2.22. The Balaban J connectivity index is 1.84. The molecule has 1 amide bonds. The number of hydrogen-bond donors (Lipinski definition) is 1. The van der Waals surface area contributed by atoms with Gasteiger partial charge in [-0.25, -0.2) is 0 Å². The van der Waals surface area contributed by atoms with E-state index in [0.29, 0.717) is 5.92 Å². The molecule has 0 bridgehead atoms. The average molecular weight is 247 g/mol. The summed E-state index contributed by atoms with van der Waals surface area (Å²) in [5, 5.41) is 3.00. The Labute approximate surface area is 109 Å². The van der Waals surface area contributed by atoms with Gasteiger partial charge in [-0.05, 0) is 36.5 Å². The quantitative estimate of drug-likeness (QED) is 0.785. The summed E-state index contributed by atoms with van der Waals surface area (Å²) in [5.41, 5.74) is 1.24. The highest BCUT2D eigenvalue weighted by Crippen LogP contribution is 2.47. The van der Waals surface area contributed by atoms with Gasteiger partial charge in [0.05, 0.1) is 7.11 Å². The molecule has 1 aromatic rings. The second kappa shape index (κ2) is 5.89. The zero-order valence-electron chi connectivity index (χ0n) is 11.1. The van der Waals surface area contributed by atoms with Crippen molar-refractivity contribution < 1.29 is 9.53 Å². The van der Waals surface area contributed by atoms with Gasteiger partial charge in [0.2, 0.25) is 5.91 Å². The Bertz CT molecular complexity index is 399. The summed E-state index contributed by atoms with van der Waals surface area (Å²) >= 11 is 0. The Hall–Kier alpha value is -1.51. The van der Waals surface area contributed by atoms with E-state index in [0.717, 1.165) is 31.6 Å². The number of benzene rings is 1. The molecular formula is C15H21NO2. The highest BCUT2D eigenvalue weighted by molar-refractivity contribution is 5.82. The van der Waals surface area contributed by atoms with Crippen LogP contribution in [0.25, 0.3) is 0 Å². The van der Waals surface area contributed by atoms with E-state index >= 15 is 0 Å². The van der Waals surface area contributed by atoms with Gasteiger partial charge in [-0.2, -0.15) is 0 Å². The van der Waals surface area contributed by atoms with Crippen LogP contribution >= 0.6 is 0 Å². The maximum Gasteiger partial charge on any atom is 0.223 e. The number of ether oxygens (including phenoxy) is 1. The predicted octanol–water partition coefficient (Wildman–Crippen LogP) is 2.72. The number of methoxy groups -OCH3 is 1. The fraction of sp³-hybridized carbons (Fsp3) is 0.533. The largest absolute Gasteiger partial charge is 0.497 e. The van der Waals surface area contributed by atoms with Crippen LogP contribution in [-0.4, -0.2) is 19.6 Å². The molecular weight excluding hydrogens is 226 g/mol. The van der Waals surface area contributed by atoms with Gasteiger partial charge < -0.3 is 10.1 Å². The monoisotopic (exact) mass is 247 g/mol. The van der Waals surface area contributed by atoms with Crippen LogP contribution in [0.5, 0.6) is 5.75 Å². The van der Waals surface area contributed by atoms with Gasteiger partial charge in [0, 0.05) is 12.5 Å². The van der Waals surface area contributed by atoms with Crippen molar-refractivity contribution in [3.63, 3.8) is 0 Å². The number of hydrogen-bond acceptors (Lipinski definition) is 2. The van der Waals surface area contributed by atoms with Crippen molar-refractivity contribution in [2.75, 3.05) is 13.7 Å². The summed E-state index contributed by atoms with van der Waals surface area (Å²) in [6.45, 7) is 2.94. The molecule has 1 N–H and O–H groups in total. The fourth-order valence-corrected chi connectivity index (χ4v) is 2.22. The van der Waals surface area contributed by atoms with Crippen molar-refractivity contribution >= 4 is 5.91 Å². The molecule has 98 valence electrons. The van der Waals surface area contributed by atoms with Gasteiger partial charge in [0.1, 0.15) is 5.75 Å². The molecule has 0 saturated heterocycles. The van der Waals surface area contributed by atoms with Crippen LogP contribution in [0.3, 0.4) is 0 Å². The maximum absolute atomic E-state index is 11.9. The third-order valence-corrected chi connectivity index (χ3v) is 3.50. The predicted molar refractivity (Wildman–Crippen MR) is 71.8 cm³/mol. The minimum Gasteiger partial charge on any atom is -0.497 e. The molecule has 0 spiro atoms. The smallest absolute Gasteiger partial charge is 0.223 e. The van der Waals surface area contributed by atoms with Crippen molar-refractivity contribution in [1.82, 2.24) is 5.32 Å². The van der Waals surface area contributed by atoms with Crippen LogP contribution < -0.4 is 10.1 Å². The number of carbonyl (C=O) groups is 1. The molecule has 2 rings (SSSR count). The van der Waals surface area contributed by atoms with Gasteiger partial charge in [0.15, 0.2) is 0 Å². The van der Waals surface area contributed by atoms with Gasteiger partial charge in [0.25, 0.3) is 0 Å². The molecule has 1 aliphatic rings. The Kier molecular flexibility index (Phi) is 4.24. The van der Waals surface area contributed by atoms with Crippen molar-refractivity contribution in [3.8, 4) is 5.75 Å². The highest BCUT2D eigenvalue weighted by atomic mass is 16.5. The number of carbonyl (C=O) groups excluding carboxylic acids is 1. The van der Waals surface area contributed by atoms with Crippen LogP contribution in [0.4, 0.5) is 0 Å². The minimum atomic E-state index is 0.176. The summed E-state index contributed by atoms with van der Waals surface area (Å²) in [6.07, 6.45) is 3.16. The van der Waals surface area contributed by atoms with Crippen LogP contribution in [0.15, 0.2) is 24.3 Å². The van der Waals surface area contributed by atoms with Gasteiger partial charge in [-0.1, -0.05) is 25.5 Å². The van der Waals surface area contributed by atoms with Crippen molar-refractivity contribution in [1.29, 1.82) is 0 Å². The number of unbranched alkanes of at least 4 members (excludes halogenated alkanes) is 1. The van der Waals surface area contributed by atoms with E-state index in [-0.39, 0.29) is 11.8 Å². The van der Waals surface area contributed by atoms with Crippen LogP contribution in [0, 0.1) is 5.92 Å². The van der Waals surface area contributed by atoms with Crippen molar-refractivity contribution in [3.05, 3.63) is 29.8 Å². The molecule has 3 heteroatoms. The maximum atomic E-state index is 11.9. The lowest BCUT2D eigenvalue weighted by Crippen LogP contribution is -2.26. The van der Waals surface area contributed by atoms with E-state index in [1.807, 2.05) is 12.1 Å². The first kappa shape index (κ1) is 12.9. The first-order valence-electron chi connectivity index (χ1n) is 6.68. The highest BCUT2D eigenvalue weighted by Gasteiger charge is 2.43. The lowest BCUT2D eigenvalue weighted by Gasteiger charge is -2.04. The molecule has 3 nitrogen and oxygen atoms in total. The first-order valence-corrected chi connectivity index (χ1v) is 6.68. The van der Waals surface area contributed by atoms with E-state index < -0.39 is 0 Å². The van der Waals surface area contributed by atoms with E-state index in [1.165, 1.54) is 5.56 Å². The molecule has 1 saturated carbocycles. The van der Waals surface area contributed by atoms with Crippen LogP contribution in [-0.2, 0) is 4.79 Å². The molecule has 0 heterocycles. The lowest BCUT2D eigenvalue weighted by molar-refractivity contribution is -0.122. The molecule has 1 aliphatic carbocycles. The topological polar surface area (TPSA) is 38.3 Å². The first-order chi connectivity index (χ1) is 8.76. The normalized spacial score (nSPS) is 21.4. The second-order valence-electron chi connectivity index (χ2n) is 4.87. The summed E-state index contributed by atoms with van der Waals surface area (Å²) in [5.74, 6) is 1.65. The second-order valence-corrected chi connectivity index (χ2v) is 4.87. The van der Waals surface area contributed by atoms with Crippen molar-refractivity contribution in [2.24, 2.45) is 5.92 Å². The van der Waals surface area contributed by atoms with Gasteiger partial charge >= 0.3 is 0 Å². The minimum absolute atomic E-state index is 0.176. The van der Waals surface area contributed by atoms with Crippen LogP contribution in [0.2, 0.25) is 0 Å². The van der Waals surface area contributed by atoms with Crippen LogP contribution in [0.1, 0.15) is 37.7 Å². The Morgan fingerprint density at radius 1 is 1.39 bits per heavy atom. The standard InChI is InChI=1S/C15H21NO2/c1-3-4-9-16-15(17)14-10-13(14)11-5-7-12(18-2)8-6-11/h5-8,13-14H,3-4,9-10H2,1-2H3,(H,16,17). The molecule has 1 aromatic carbocycles. The SMILES string of the molecule is CCCCNC(=O)C1CC1c1ccc(OC)cc1. The zero-order chi connectivity index (χ0) is 13.0. The van der Waals surface area contributed by atoms with Gasteiger partial charge in [-0.3, -0.25) is 4.79 Å². The lowest BCUT2D eigenvalue weighted by atomic mass is 10.1. The van der Waals surface area contributed by atoms with Gasteiger partial charge in [-0.15, -0.1) is 0 Å². The van der Waals surface area contributed by atoms with Crippen molar-refractivity contribution in [2.45, 2.75) is 32.1 Å². The summed E-state index contributed by atoms with van der Waals surface area (Å²) < 4.78 is 5.13. The molecule has 0 aromatic heterocycles. The Morgan fingerprint density at radius 3 is 2.72 bits per heavy atom. The molecule has 0 radical (unpaired) electrons. The Morgan fingerprint density at radius 2 is 2.11 bits per heavy atom. The van der Waals surface area contributed by atoms with E-state index in [2.05, 4.69) is 24.4 Å². The number of nitrogens with one attached hydrogen (secondary N) is 1. The summed E-state index contributed by atoms with van der Waals surface area (Å²) in [4.78, 5) is 11.9. The molecule has 18 heavy (non-hydrogen) atoms. The number of amides is 1. The van der Waals surface area contributed by atoms with E-state index in [9.17, 15) is 4.79 Å². The molecule has 2 unspecified atom stereocenters. The van der Waals surface area contributed by atoms with E-state index in [1.54, 1.807) is 7.11 Å². The molecule has 1 fully saturated rings. The third kappa shape index (κ3) is 3.03. The zero-order valence-corrected chi connectivity index (χ0v) is 11.1. The molecule has 2 atom stereocenters. The average Bonchev–Trinajstić information content (AvgIpc) is 3.19. The number of rotatable bonds is 6. The van der Waals surface area contributed by atoms with E-state index in [4.69, 9.17) is 4.74 Å².